The molecule has 8 heteroatoms. The van der Waals surface area contributed by atoms with E-state index in [1.165, 1.54) is 0 Å². The molecule has 1 aliphatic rings. The van der Waals surface area contributed by atoms with Gasteiger partial charge in [-0.15, -0.1) is 10.2 Å². The van der Waals surface area contributed by atoms with Crippen molar-refractivity contribution in [1.29, 1.82) is 0 Å². The molecule has 1 fully saturated rings. The second-order valence-corrected chi connectivity index (χ2v) is 6.52. The number of rotatable bonds is 5. The Morgan fingerprint density at radius 1 is 1.43 bits per heavy atom. The first kappa shape index (κ1) is 16.0. The molecule has 1 unspecified atom stereocenters. The Labute approximate surface area is 140 Å². The number of anilines is 1. The zero-order valence-corrected chi connectivity index (χ0v) is 14.4. The van der Waals surface area contributed by atoms with Gasteiger partial charge in [0.2, 0.25) is 0 Å². The van der Waals surface area contributed by atoms with Crippen molar-refractivity contribution in [2.75, 3.05) is 18.6 Å². The summed E-state index contributed by atoms with van der Waals surface area (Å²) in [6.45, 7) is 6.14. The molecule has 1 aliphatic heterocycles. The molecule has 0 aromatic carbocycles. The maximum Gasteiger partial charge on any atom is 0.318 e. The first-order valence-corrected chi connectivity index (χ1v) is 8.18. The predicted octanol–water partition coefficient (Wildman–Crippen LogP) is 2.73. The standard InChI is InChI=1S/C15H21ClN6O/c1-10(2)8-21-9-18-20-14(21)12-5-4-6-22(12)13-11(16)7-17-15(19-13)23-3/h7,9-10,12H,4-6,8H2,1-3H3. The molecule has 0 amide bonds. The van der Waals surface area contributed by atoms with Crippen LogP contribution in [0.4, 0.5) is 5.82 Å². The number of aromatic nitrogens is 5. The minimum absolute atomic E-state index is 0.119. The van der Waals surface area contributed by atoms with Gasteiger partial charge < -0.3 is 14.2 Å². The number of nitrogens with zero attached hydrogens (tertiary/aromatic N) is 6. The molecule has 23 heavy (non-hydrogen) atoms. The molecule has 124 valence electrons. The van der Waals surface area contributed by atoms with Gasteiger partial charge in [-0.2, -0.15) is 4.98 Å². The largest absolute Gasteiger partial charge is 0.467 e. The fourth-order valence-corrected chi connectivity index (χ4v) is 3.19. The summed E-state index contributed by atoms with van der Waals surface area (Å²) < 4.78 is 7.26. The molecule has 3 rings (SSSR count). The number of hydrogen-bond donors (Lipinski definition) is 0. The summed E-state index contributed by atoms with van der Waals surface area (Å²) in [5.74, 6) is 2.19. The maximum absolute atomic E-state index is 6.32. The van der Waals surface area contributed by atoms with E-state index in [1.807, 2.05) is 0 Å². The third-order valence-corrected chi connectivity index (χ3v) is 4.18. The van der Waals surface area contributed by atoms with Crippen molar-refractivity contribution in [2.24, 2.45) is 5.92 Å². The summed E-state index contributed by atoms with van der Waals surface area (Å²) in [6.07, 6.45) is 5.44. The van der Waals surface area contributed by atoms with Gasteiger partial charge in [-0.05, 0) is 18.8 Å². The third kappa shape index (κ3) is 3.24. The number of hydrogen-bond acceptors (Lipinski definition) is 6. The second kappa shape index (κ2) is 6.70. The fourth-order valence-electron chi connectivity index (χ4n) is 2.99. The van der Waals surface area contributed by atoms with E-state index >= 15 is 0 Å². The molecule has 0 radical (unpaired) electrons. The van der Waals surface area contributed by atoms with Gasteiger partial charge in [0.15, 0.2) is 11.6 Å². The zero-order chi connectivity index (χ0) is 16.4. The lowest BCUT2D eigenvalue weighted by Crippen LogP contribution is -2.27. The Hall–Kier alpha value is -1.89. The van der Waals surface area contributed by atoms with Crippen LogP contribution in [0.1, 0.15) is 38.6 Å². The first-order valence-electron chi connectivity index (χ1n) is 7.81. The van der Waals surface area contributed by atoms with Crippen molar-refractivity contribution < 1.29 is 4.74 Å². The zero-order valence-electron chi connectivity index (χ0n) is 13.6. The van der Waals surface area contributed by atoms with Crippen molar-refractivity contribution in [2.45, 2.75) is 39.3 Å². The Bertz CT molecular complexity index is 674. The second-order valence-electron chi connectivity index (χ2n) is 6.12. The molecular formula is C15H21ClN6O. The van der Waals surface area contributed by atoms with Crippen LogP contribution in [0.25, 0.3) is 0 Å². The quantitative estimate of drug-likeness (QED) is 0.836. The van der Waals surface area contributed by atoms with Gasteiger partial charge in [0.1, 0.15) is 11.3 Å². The summed E-state index contributed by atoms with van der Waals surface area (Å²) in [7, 11) is 1.55. The summed E-state index contributed by atoms with van der Waals surface area (Å²) in [5.41, 5.74) is 0. The highest BCUT2D eigenvalue weighted by molar-refractivity contribution is 6.32. The number of ether oxygens (including phenoxy) is 1. The van der Waals surface area contributed by atoms with Crippen LogP contribution in [0.2, 0.25) is 5.02 Å². The van der Waals surface area contributed by atoms with Crippen molar-refractivity contribution >= 4 is 17.4 Å². The molecular weight excluding hydrogens is 316 g/mol. The van der Waals surface area contributed by atoms with E-state index in [4.69, 9.17) is 16.3 Å². The van der Waals surface area contributed by atoms with Gasteiger partial charge in [0.05, 0.1) is 19.3 Å². The van der Waals surface area contributed by atoms with Gasteiger partial charge in [0.25, 0.3) is 0 Å². The number of halogens is 1. The highest BCUT2D eigenvalue weighted by Crippen LogP contribution is 2.37. The molecule has 0 bridgehead atoms. The van der Waals surface area contributed by atoms with Crippen LogP contribution in [-0.4, -0.2) is 38.4 Å². The molecule has 0 N–H and O–H groups in total. The van der Waals surface area contributed by atoms with Crippen LogP contribution in [0.15, 0.2) is 12.5 Å². The van der Waals surface area contributed by atoms with E-state index in [-0.39, 0.29) is 6.04 Å². The van der Waals surface area contributed by atoms with E-state index in [9.17, 15) is 0 Å². The van der Waals surface area contributed by atoms with Gasteiger partial charge in [-0.25, -0.2) is 4.98 Å². The van der Waals surface area contributed by atoms with E-state index in [2.05, 4.69) is 43.5 Å². The monoisotopic (exact) mass is 336 g/mol. The average Bonchev–Trinajstić information content (AvgIpc) is 3.15. The molecule has 1 saturated heterocycles. The molecule has 0 saturated carbocycles. The van der Waals surface area contributed by atoms with Gasteiger partial charge in [-0.3, -0.25) is 0 Å². The summed E-state index contributed by atoms with van der Waals surface area (Å²) in [5, 5.41) is 8.97. The highest BCUT2D eigenvalue weighted by Gasteiger charge is 2.32. The molecule has 0 spiro atoms. The summed E-state index contributed by atoms with van der Waals surface area (Å²) >= 11 is 6.32. The normalized spacial score (nSPS) is 18.0. The van der Waals surface area contributed by atoms with E-state index < -0.39 is 0 Å². The van der Waals surface area contributed by atoms with Gasteiger partial charge in [0, 0.05) is 13.1 Å². The molecule has 3 heterocycles. The van der Waals surface area contributed by atoms with Crippen molar-refractivity contribution in [3.63, 3.8) is 0 Å². The Morgan fingerprint density at radius 2 is 2.26 bits per heavy atom. The average molecular weight is 337 g/mol. The van der Waals surface area contributed by atoms with Gasteiger partial charge in [-0.1, -0.05) is 25.4 Å². The van der Waals surface area contributed by atoms with Crippen LogP contribution in [0.3, 0.4) is 0 Å². The molecule has 7 nitrogen and oxygen atoms in total. The Balaban J connectivity index is 1.93. The summed E-state index contributed by atoms with van der Waals surface area (Å²) in [4.78, 5) is 10.6. The molecule has 2 aromatic heterocycles. The van der Waals surface area contributed by atoms with Crippen LogP contribution >= 0.6 is 11.6 Å². The lowest BCUT2D eigenvalue weighted by atomic mass is 10.2. The van der Waals surface area contributed by atoms with Gasteiger partial charge >= 0.3 is 6.01 Å². The smallest absolute Gasteiger partial charge is 0.318 e. The molecule has 0 aliphatic carbocycles. The fraction of sp³-hybridized carbons (Fsp3) is 0.600. The predicted molar refractivity (Wildman–Crippen MR) is 87.8 cm³/mol. The van der Waals surface area contributed by atoms with Crippen LogP contribution in [0.5, 0.6) is 6.01 Å². The topological polar surface area (TPSA) is 69.0 Å². The van der Waals surface area contributed by atoms with Crippen molar-refractivity contribution in [1.82, 2.24) is 24.7 Å². The van der Waals surface area contributed by atoms with Crippen molar-refractivity contribution in [3.8, 4) is 6.01 Å². The minimum atomic E-state index is 0.119. The van der Waals surface area contributed by atoms with E-state index in [0.29, 0.717) is 22.8 Å². The lowest BCUT2D eigenvalue weighted by molar-refractivity contribution is 0.379. The minimum Gasteiger partial charge on any atom is -0.467 e. The third-order valence-electron chi connectivity index (χ3n) is 3.92. The lowest BCUT2D eigenvalue weighted by Gasteiger charge is -2.26. The number of methoxy groups -OCH3 is 1. The van der Waals surface area contributed by atoms with Crippen LogP contribution in [-0.2, 0) is 6.54 Å². The summed E-state index contributed by atoms with van der Waals surface area (Å²) in [6, 6.07) is 0.437. The Kier molecular flexibility index (Phi) is 4.66. The van der Waals surface area contributed by atoms with Crippen LogP contribution in [0, 0.1) is 5.92 Å². The highest BCUT2D eigenvalue weighted by atomic mass is 35.5. The maximum atomic E-state index is 6.32. The SMILES string of the molecule is COc1ncc(Cl)c(N2CCCC2c2nncn2CC(C)C)n1. The first-order chi connectivity index (χ1) is 11.1. The molecule has 2 aromatic rings. The Morgan fingerprint density at radius 3 is 3.00 bits per heavy atom. The van der Waals surface area contributed by atoms with Crippen LogP contribution < -0.4 is 9.64 Å². The molecule has 1 atom stereocenters. The van der Waals surface area contributed by atoms with E-state index in [1.54, 1.807) is 19.6 Å². The van der Waals surface area contributed by atoms with E-state index in [0.717, 1.165) is 31.8 Å². The van der Waals surface area contributed by atoms with Crippen molar-refractivity contribution in [3.05, 3.63) is 23.4 Å².